The van der Waals surface area contributed by atoms with Crippen LogP contribution < -0.4 is 0 Å². The standard InChI is InChI=1S/C15H20N2O5S/c1-11(15(19)20)16(2)14(18)12-5-7-13(8-6-12)23(21,22)17-9-3-4-10-17/h5-8,11H,3-4,9-10H2,1-2H3,(H,19,20). The second kappa shape index (κ2) is 6.67. The van der Waals surface area contributed by atoms with Gasteiger partial charge in [0.1, 0.15) is 6.04 Å². The summed E-state index contributed by atoms with van der Waals surface area (Å²) in [4.78, 5) is 24.4. The second-order valence-electron chi connectivity index (χ2n) is 5.57. The molecule has 0 aromatic heterocycles. The Kier molecular flexibility index (Phi) is 5.06. The molecule has 1 fully saturated rings. The zero-order chi connectivity index (χ0) is 17.2. The van der Waals surface area contributed by atoms with Gasteiger partial charge in [0.05, 0.1) is 4.90 Å². The molecule has 1 aromatic rings. The summed E-state index contributed by atoms with van der Waals surface area (Å²) in [7, 11) is -2.12. The van der Waals surface area contributed by atoms with Crippen LogP contribution in [0, 0.1) is 0 Å². The number of benzene rings is 1. The number of sulfonamides is 1. The van der Waals surface area contributed by atoms with E-state index in [0.717, 1.165) is 17.7 Å². The molecular formula is C15H20N2O5S. The van der Waals surface area contributed by atoms with E-state index < -0.39 is 27.9 Å². The number of hydrogen-bond acceptors (Lipinski definition) is 4. The van der Waals surface area contributed by atoms with Crippen molar-refractivity contribution in [3.63, 3.8) is 0 Å². The van der Waals surface area contributed by atoms with Gasteiger partial charge in [-0.05, 0) is 44.0 Å². The summed E-state index contributed by atoms with van der Waals surface area (Å²) in [5.74, 6) is -1.57. The maximum Gasteiger partial charge on any atom is 0.326 e. The van der Waals surface area contributed by atoms with Gasteiger partial charge in [0, 0.05) is 25.7 Å². The molecule has 1 unspecified atom stereocenters. The number of likely N-dealkylation sites (N-methyl/N-ethyl adjacent to an activating group) is 1. The first-order valence-corrected chi connectivity index (χ1v) is 8.79. The molecule has 0 bridgehead atoms. The summed E-state index contributed by atoms with van der Waals surface area (Å²) in [5.41, 5.74) is 0.251. The van der Waals surface area contributed by atoms with Crippen molar-refractivity contribution >= 4 is 21.9 Å². The smallest absolute Gasteiger partial charge is 0.326 e. The Balaban J connectivity index is 2.19. The van der Waals surface area contributed by atoms with Crippen LogP contribution in [0.2, 0.25) is 0 Å². The molecule has 8 heteroatoms. The van der Waals surface area contributed by atoms with Crippen LogP contribution >= 0.6 is 0 Å². The Morgan fingerprint density at radius 3 is 2.17 bits per heavy atom. The summed E-state index contributed by atoms with van der Waals surface area (Å²) in [6, 6.07) is 4.64. The first-order valence-electron chi connectivity index (χ1n) is 7.35. The highest BCUT2D eigenvalue weighted by Crippen LogP contribution is 2.21. The normalized spacial score (nSPS) is 17.0. The van der Waals surface area contributed by atoms with Crippen molar-refractivity contribution in [2.45, 2.75) is 30.7 Å². The Bertz CT molecular complexity index is 693. The van der Waals surface area contributed by atoms with Crippen molar-refractivity contribution in [3.8, 4) is 0 Å². The number of carboxylic acid groups (broad SMARTS) is 1. The molecule has 1 aromatic carbocycles. The molecule has 0 radical (unpaired) electrons. The largest absolute Gasteiger partial charge is 0.480 e. The highest BCUT2D eigenvalue weighted by molar-refractivity contribution is 7.89. The summed E-state index contributed by atoms with van der Waals surface area (Å²) >= 11 is 0. The molecule has 0 aliphatic carbocycles. The van der Waals surface area contributed by atoms with Gasteiger partial charge in [0.15, 0.2) is 0 Å². The lowest BCUT2D eigenvalue weighted by Gasteiger charge is -2.21. The van der Waals surface area contributed by atoms with Crippen molar-refractivity contribution < 1.29 is 23.1 Å². The highest BCUT2D eigenvalue weighted by Gasteiger charge is 2.28. The van der Waals surface area contributed by atoms with E-state index in [-0.39, 0.29) is 10.5 Å². The lowest BCUT2D eigenvalue weighted by Crippen LogP contribution is -2.40. The van der Waals surface area contributed by atoms with Gasteiger partial charge >= 0.3 is 5.97 Å². The van der Waals surface area contributed by atoms with Gasteiger partial charge in [-0.3, -0.25) is 4.79 Å². The third kappa shape index (κ3) is 3.53. The predicted octanol–water partition coefficient (Wildman–Crippen LogP) is 1.02. The van der Waals surface area contributed by atoms with Crippen LogP contribution in [0.3, 0.4) is 0 Å². The average molecular weight is 340 g/mol. The molecule has 0 spiro atoms. The fourth-order valence-electron chi connectivity index (χ4n) is 2.39. The van der Waals surface area contributed by atoms with Gasteiger partial charge in [-0.2, -0.15) is 4.31 Å². The molecule has 0 saturated carbocycles. The highest BCUT2D eigenvalue weighted by atomic mass is 32.2. The van der Waals surface area contributed by atoms with Crippen molar-refractivity contribution in [1.29, 1.82) is 0 Å². The Labute approximate surface area is 135 Å². The maximum atomic E-state index is 12.4. The Morgan fingerprint density at radius 2 is 1.70 bits per heavy atom. The molecule has 1 amide bonds. The molecule has 1 N–H and O–H groups in total. The average Bonchev–Trinajstić information content (AvgIpc) is 3.08. The molecule has 126 valence electrons. The van der Waals surface area contributed by atoms with Gasteiger partial charge in [0.25, 0.3) is 5.91 Å². The number of hydrogen-bond donors (Lipinski definition) is 1. The zero-order valence-corrected chi connectivity index (χ0v) is 13.9. The van der Waals surface area contributed by atoms with Crippen molar-refractivity contribution in [3.05, 3.63) is 29.8 Å². The van der Waals surface area contributed by atoms with Crippen molar-refractivity contribution in [2.75, 3.05) is 20.1 Å². The van der Waals surface area contributed by atoms with Crippen LogP contribution in [0.15, 0.2) is 29.2 Å². The lowest BCUT2D eigenvalue weighted by atomic mass is 10.2. The summed E-state index contributed by atoms with van der Waals surface area (Å²) in [5, 5.41) is 8.94. The molecule has 23 heavy (non-hydrogen) atoms. The van der Waals surface area contributed by atoms with E-state index in [1.807, 2.05) is 0 Å². The van der Waals surface area contributed by atoms with Crippen LogP contribution in [0.25, 0.3) is 0 Å². The lowest BCUT2D eigenvalue weighted by molar-refractivity contribution is -0.141. The van der Waals surface area contributed by atoms with Gasteiger partial charge < -0.3 is 10.0 Å². The molecule has 1 aliphatic rings. The third-order valence-corrected chi connectivity index (χ3v) is 5.98. The predicted molar refractivity (Wildman–Crippen MR) is 83.6 cm³/mol. The van der Waals surface area contributed by atoms with Crippen molar-refractivity contribution in [2.24, 2.45) is 0 Å². The summed E-state index contributed by atoms with van der Waals surface area (Å²) in [6.45, 7) is 2.44. The molecule has 7 nitrogen and oxygen atoms in total. The fraction of sp³-hybridized carbons (Fsp3) is 0.467. The Morgan fingerprint density at radius 1 is 1.17 bits per heavy atom. The topological polar surface area (TPSA) is 95.0 Å². The first kappa shape index (κ1) is 17.4. The van der Waals surface area contributed by atoms with E-state index in [1.165, 1.54) is 42.5 Å². The number of nitrogens with zero attached hydrogens (tertiary/aromatic N) is 2. The van der Waals surface area contributed by atoms with E-state index in [1.54, 1.807) is 0 Å². The minimum absolute atomic E-state index is 0.143. The van der Waals surface area contributed by atoms with Crippen LogP contribution in [0.4, 0.5) is 0 Å². The number of carbonyl (C=O) groups excluding carboxylic acids is 1. The minimum atomic E-state index is -3.52. The van der Waals surface area contributed by atoms with E-state index in [2.05, 4.69) is 0 Å². The Hall–Kier alpha value is -1.93. The van der Waals surface area contributed by atoms with Gasteiger partial charge in [-0.25, -0.2) is 13.2 Å². The quantitative estimate of drug-likeness (QED) is 0.863. The van der Waals surface area contributed by atoms with Gasteiger partial charge in [-0.15, -0.1) is 0 Å². The van der Waals surface area contributed by atoms with Gasteiger partial charge in [-0.1, -0.05) is 0 Å². The second-order valence-corrected chi connectivity index (χ2v) is 7.50. The number of carbonyl (C=O) groups is 2. The van der Waals surface area contributed by atoms with E-state index >= 15 is 0 Å². The third-order valence-electron chi connectivity index (χ3n) is 4.06. The molecule has 1 saturated heterocycles. The van der Waals surface area contributed by atoms with Gasteiger partial charge in [0.2, 0.25) is 10.0 Å². The summed E-state index contributed by atoms with van der Waals surface area (Å²) in [6.07, 6.45) is 1.71. The molecular weight excluding hydrogens is 320 g/mol. The summed E-state index contributed by atoms with van der Waals surface area (Å²) < 4.78 is 26.2. The zero-order valence-electron chi connectivity index (χ0n) is 13.1. The van der Waals surface area contributed by atoms with E-state index in [0.29, 0.717) is 13.1 Å². The monoisotopic (exact) mass is 340 g/mol. The van der Waals surface area contributed by atoms with E-state index in [9.17, 15) is 18.0 Å². The van der Waals surface area contributed by atoms with Crippen LogP contribution in [-0.2, 0) is 14.8 Å². The van der Waals surface area contributed by atoms with Crippen LogP contribution in [-0.4, -0.2) is 60.8 Å². The first-order chi connectivity index (χ1) is 10.7. The molecule has 1 heterocycles. The molecule has 2 rings (SSSR count). The number of amides is 1. The van der Waals surface area contributed by atoms with Crippen molar-refractivity contribution in [1.82, 2.24) is 9.21 Å². The number of carboxylic acids is 1. The maximum absolute atomic E-state index is 12.4. The SMILES string of the molecule is CC(C(=O)O)N(C)C(=O)c1ccc(S(=O)(=O)N2CCCC2)cc1. The number of rotatable bonds is 5. The molecule has 1 atom stereocenters. The van der Waals surface area contributed by atoms with Crippen LogP contribution in [0.1, 0.15) is 30.1 Å². The number of aliphatic carboxylic acids is 1. The molecule has 1 aliphatic heterocycles. The van der Waals surface area contributed by atoms with E-state index in [4.69, 9.17) is 5.11 Å². The van der Waals surface area contributed by atoms with Crippen LogP contribution in [0.5, 0.6) is 0 Å². The fourth-order valence-corrected chi connectivity index (χ4v) is 3.91. The minimum Gasteiger partial charge on any atom is -0.480 e.